The minimum atomic E-state index is -2.64. The smallest absolute Gasteiger partial charge is 0.266 e. The Bertz CT molecular complexity index is 556. The molecule has 1 aromatic carbocycles. The number of nitrogens with zero attached hydrogens (tertiary/aromatic N) is 2. The minimum absolute atomic E-state index is 0.189. The third-order valence-corrected chi connectivity index (χ3v) is 2.33. The summed E-state index contributed by atoms with van der Waals surface area (Å²) in [5, 5.41) is 8.67. The van der Waals surface area contributed by atoms with Crippen molar-refractivity contribution in [2.75, 3.05) is 0 Å². The van der Waals surface area contributed by atoms with E-state index in [-0.39, 0.29) is 16.6 Å². The lowest BCUT2D eigenvalue weighted by atomic mass is 10.1. The summed E-state index contributed by atoms with van der Waals surface area (Å²) in [7, 11) is 0. The molecule has 1 N–H and O–H groups in total. The average Bonchev–Trinajstić information content (AvgIpc) is 2.55. The van der Waals surface area contributed by atoms with E-state index in [1.807, 2.05) is 6.07 Å². The van der Waals surface area contributed by atoms with Gasteiger partial charge in [-0.2, -0.15) is 5.26 Å². The van der Waals surface area contributed by atoms with E-state index in [1.165, 1.54) is 6.07 Å². The molecule has 6 heteroatoms. The summed E-state index contributed by atoms with van der Waals surface area (Å²) in [6.45, 7) is 0. The lowest BCUT2D eigenvalue weighted by Crippen LogP contribution is -1.88. The summed E-state index contributed by atoms with van der Waals surface area (Å²) in [6, 6.07) is 4.47. The number of H-pyrrole nitrogens is 1. The van der Waals surface area contributed by atoms with E-state index in [1.54, 1.807) is 0 Å². The van der Waals surface area contributed by atoms with Gasteiger partial charge in [-0.05, 0) is 28.1 Å². The Morgan fingerprint density at radius 3 is 2.80 bits per heavy atom. The number of rotatable bonds is 1. The summed E-state index contributed by atoms with van der Waals surface area (Å²) in [4.78, 5) is 6.63. The number of fused-ring (bicyclic) bond motifs is 1. The number of imidazole rings is 1. The van der Waals surface area contributed by atoms with Crippen molar-refractivity contribution in [1.29, 1.82) is 5.26 Å². The molecule has 0 aliphatic heterocycles. The predicted molar refractivity (Wildman–Crippen MR) is 53.5 cm³/mol. The zero-order valence-corrected chi connectivity index (χ0v) is 8.85. The molecule has 0 aliphatic carbocycles. The highest BCUT2D eigenvalue weighted by Crippen LogP contribution is 2.28. The highest BCUT2D eigenvalue weighted by atomic mass is 79.9. The molecule has 1 heterocycles. The Morgan fingerprint density at radius 2 is 2.20 bits per heavy atom. The van der Waals surface area contributed by atoms with Crippen molar-refractivity contribution in [3.05, 3.63) is 28.0 Å². The van der Waals surface area contributed by atoms with Crippen LogP contribution in [0.15, 0.2) is 16.9 Å². The second-order valence-corrected chi connectivity index (χ2v) is 3.65. The predicted octanol–water partition coefficient (Wildman–Crippen LogP) is 3.13. The molecule has 2 aromatic rings. The van der Waals surface area contributed by atoms with Crippen molar-refractivity contribution in [1.82, 2.24) is 9.97 Å². The van der Waals surface area contributed by atoms with E-state index in [0.29, 0.717) is 10.3 Å². The van der Waals surface area contributed by atoms with Crippen LogP contribution in [-0.2, 0) is 0 Å². The Morgan fingerprint density at radius 1 is 1.47 bits per heavy atom. The lowest BCUT2D eigenvalue weighted by Gasteiger charge is -2.00. The van der Waals surface area contributed by atoms with E-state index in [4.69, 9.17) is 5.26 Å². The number of halogens is 3. The van der Waals surface area contributed by atoms with Crippen LogP contribution in [0.4, 0.5) is 8.78 Å². The van der Waals surface area contributed by atoms with Crippen molar-refractivity contribution in [3.8, 4) is 6.07 Å². The summed E-state index contributed by atoms with van der Waals surface area (Å²) in [5.41, 5.74) is 0.576. The molecule has 0 atom stereocenters. The number of alkyl halides is 2. The van der Waals surface area contributed by atoms with E-state index in [0.717, 1.165) is 6.07 Å². The number of nitrogens with one attached hydrogen (secondary N) is 1. The first-order valence-electron chi connectivity index (χ1n) is 3.99. The molecule has 1 aromatic heterocycles. The quantitative estimate of drug-likeness (QED) is 0.866. The van der Waals surface area contributed by atoms with Gasteiger partial charge in [0.15, 0.2) is 4.73 Å². The van der Waals surface area contributed by atoms with E-state index in [2.05, 4.69) is 25.9 Å². The number of benzene rings is 1. The van der Waals surface area contributed by atoms with Gasteiger partial charge in [0, 0.05) is 5.56 Å². The molecule has 0 radical (unpaired) electrons. The van der Waals surface area contributed by atoms with E-state index < -0.39 is 6.43 Å². The number of hydrogen-bond acceptors (Lipinski definition) is 2. The van der Waals surface area contributed by atoms with E-state index >= 15 is 0 Å². The molecule has 0 amide bonds. The highest BCUT2D eigenvalue weighted by molar-refractivity contribution is 9.10. The summed E-state index contributed by atoms with van der Waals surface area (Å²) >= 11 is 3.06. The molecular formula is C9H4BrF2N3. The molecule has 0 unspecified atom stereocenters. The number of hydrogen-bond donors (Lipinski definition) is 1. The minimum Gasteiger partial charge on any atom is -0.332 e. The Hall–Kier alpha value is -1.48. The van der Waals surface area contributed by atoms with Crippen molar-refractivity contribution in [3.63, 3.8) is 0 Å². The van der Waals surface area contributed by atoms with Gasteiger partial charge in [-0.25, -0.2) is 13.8 Å². The van der Waals surface area contributed by atoms with Crippen LogP contribution in [0.3, 0.4) is 0 Å². The summed E-state index contributed by atoms with van der Waals surface area (Å²) < 4.78 is 25.7. The molecule has 0 spiro atoms. The van der Waals surface area contributed by atoms with E-state index in [9.17, 15) is 8.78 Å². The topological polar surface area (TPSA) is 52.5 Å². The number of aromatic nitrogens is 2. The fourth-order valence-electron chi connectivity index (χ4n) is 1.35. The highest BCUT2D eigenvalue weighted by Gasteiger charge is 2.16. The van der Waals surface area contributed by atoms with Crippen molar-refractivity contribution in [2.45, 2.75) is 6.43 Å². The van der Waals surface area contributed by atoms with Crippen molar-refractivity contribution in [2.24, 2.45) is 0 Å². The molecule has 0 fully saturated rings. The van der Waals surface area contributed by atoms with Crippen LogP contribution in [0.25, 0.3) is 11.0 Å². The molecule has 0 bridgehead atoms. The van der Waals surface area contributed by atoms with Gasteiger partial charge in [0.2, 0.25) is 0 Å². The van der Waals surface area contributed by atoms with Crippen molar-refractivity contribution >= 4 is 27.0 Å². The van der Waals surface area contributed by atoms with Gasteiger partial charge < -0.3 is 4.98 Å². The van der Waals surface area contributed by atoms with Crippen molar-refractivity contribution < 1.29 is 8.78 Å². The zero-order chi connectivity index (χ0) is 11.0. The molecule has 0 aliphatic rings. The first kappa shape index (κ1) is 10.1. The fraction of sp³-hybridized carbons (Fsp3) is 0.111. The van der Waals surface area contributed by atoms with Crippen LogP contribution in [0.5, 0.6) is 0 Å². The maximum Gasteiger partial charge on any atom is 0.266 e. The largest absolute Gasteiger partial charge is 0.332 e. The monoisotopic (exact) mass is 271 g/mol. The molecule has 0 saturated carbocycles. The molecule has 76 valence electrons. The van der Waals surface area contributed by atoms with Gasteiger partial charge in [0.1, 0.15) is 0 Å². The van der Waals surface area contributed by atoms with Gasteiger partial charge in [-0.3, -0.25) is 0 Å². The number of nitriles is 1. The first-order valence-corrected chi connectivity index (χ1v) is 4.78. The lowest BCUT2D eigenvalue weighted by molar-refractivity contribution is 0.153. The fourth-order valence-corrected chi connectivity index (χ4v) is 1.74. The van der Waals surface area contributed by atoms with Crippen LogP contribution < -0.4 is 0 Å². The van der Waals surface area contributed by atoms with Crippen LogP contribution >= 0.6 is 15.9 Å². The van der Waals surface area contributed by atoms with Gasteiger partial charge in [0.25, 0.3) is 6.43 Å². The number of aromatic amines is 1. The maximum absolute atomic E-state index is 12.6. The Balaban J connectivity index is 2.81. The summed E-state index contributed by atoms with van der Waals surface area (Å²) in [5.74, 6) is 0. The molecule has 0 saturated heterocycles. The SMILES string of the molecule is N#Cc1cc(C(F)F)c2nc(Br)[nH]c2c1. The van der Waals surface area contributed by atoms with Gasteiger partial charge in [-0.15, -0.1) is 0 Å². The Kier molecular flexibility index (Phi) is 2.40. The van der Waals surface area contributed by atoms with Crippen LogP contribution in [0, 0.1) is 11.3 Å². The third-order valence-electron chi connectivity index (χ3n) is 1.95. The standard InChI is InChI=1S/C9H4BrF2N3/c10-9-14-6-2-4(3-13)1-5(8(11)12)7(6)15-9/h1-2,8H,(H,14,15). The molecular weight excluding hydrogens is 268 g/mol. The molecule has 2 rings (SSSR count). The van der Waals surface area contributed by atoms with Crippen LogP contribution in [-0.4, -0.2) is 9.97 Å². The van der Waals surface area contributed by atoms with Gasteiger partial charge in [-0.1, -0.05) is 0 Å². The molecule has 15 heavy (non-hydrogen) atoms. The van der Waals surface area contributed by atoms with Gasteiger partial charge >= 0.3 is 0 Å². The van der Waals surface area contributed by atoms with Crippen LogP contribution in [0.2, 0.25) is 0 Å². The average molecular weight is 272 g/mol. The normalized spacial score (nSPS) is 10.9. The third kappa shape index (κ3) is 1.70. The van der Waals surface area contributed by atoms with Crippen LogP contribution in [0.1, 0.15) is 17.6 Å². The maximum atomic E-state index is 12.6. The van der Waals surface area contributed by atoms with Gasteiger partial charge in [0.05, 0.1) is 22.7 Å². The second-order valence-electron chi connectivity index (χ2n) is 2.90. The summed E-state index contributed by atoms with van der Waals surface area (Å²) in [6.07, 6.45) is -2.64. The second kappa shape index (κ2) is 3.59. The zero-order valence-electron chi connectivity index (χ0n) is 7.26. The Labute approximate surface area is 91.9 Å². The molecule has 3 nitrogen and oxygen atoms in total. The first-order chi connectivity index (χ1) is 7.11.